The fourth-order valence-corrected chi connectivity index (χ4v) is 1.54. The predicted octanol–water partition coefficient (Wildman–Crippen LogP) is -0.565. The summed E-state index contributed by atoms with van der Waals surface area (Å²) < 4.78 is 0. The second-order valence-corrected chi connectivity index (χ2v) is 3.47. The number of amides is 1. The molecule has 2 atom stereocenters. The average molecular weight is 196 g/mol. The second kappa shape index (κ2) is 4.23. The summed E-state index contributed by atoms with van der Waals surface area (Å²) in [6.07, 6.45) is 4.13. The molecule has 14 heavy (non-hydrogen) atoms. The molecule has 0 aliphatic carbocycles. The van der Waals surface area contributed by atoms with Crippen molar-refractivity contribution in [3.8, 4) is 0 Å². The van der Waals surface area contributed by atoms with Crippen molar-refractivity contribution in [3.05, 3.63) is 12.2 Å². The Kier molecular flexibility index (Phi) is 3.24. The summed E-state index contributed by atoms with van der Waals surface area (Å²) in [5, 5.41) is 0. The molecule has 0 aromatic heterocycles. The smallest absolute Gasteiger partial charge is 0.263 e. The van der Waals surface area contributed by atoms with Gasteiger partial charge in [-0.15, -0.1) is 0 Å². The first-order valence-corrected chi connectivity index (χ1v) is 4.57. The molecule has 1 heterocycles. The minimum atomic E-state index is -0.299. The van der Waals surface area contributed by atoms with Gasteiger partial charge in [-0.3, -0.25) is 9.69 Å². The number of carbonyl (C=O) groups excluding carboxylic acids is 1. The van der Waals surface area contributed by atoms with E-state index in [0.29, 0.717) is 0 Å². The van der Waals surface area contributed by atoms with E-state index >= 15 is 0 Å². The van der Waals surface area contributed by atoms with Gasteiger partial charge in [-0.05, 0) is 13.8 Å². The Hall–Kier alpha value is -1.36. The summed E-state index contributed by atoms with van der Waals surface area (Å²) >= 11 is 0. The van der Waals surface area contributed by atoms with Gasteiger partial charge in [0.05, 0.1) is 6.54 Å². The molecule has 0 aromatic rings. The Morgan fingerprint density at radius 2 is 1.86 bits per heavy atom. The lowest BCUT2D eigenvalue weighted by molar-refractivity contribution is -0.119. The number of nitrogens with two attached hydrogens (primary N) is 2. The lowest BCUT2D eigenvalue weighted by Crippen LogP contribution is -2.38. The third kappa shape index (κ3) is 2.56. The first kappa shape index (κ1) is 10.7. The molecule has 1 rings (SSSR count). The zero-order valence-corrected chi connectivity index (χ0v) is 8.47. The number of hydrogen-bond donors (Lipinski definition) is 2. The van der Waals surface area contributed by atoms with Gasteiger partial charge in [0.15, 0.2) is 5.96 Å². The molecule has 0 saturated heterocycles. The molecule has 5 nitrogen and oxygen atoms in total. The van der Waals surface area contributed by atoms with E-state index in [2.05, 4.69) is 17.1 Å². The summed E-state index contributed by atoms with van der Waals surface area (Å²) in [5.74, 6) is -0.477. The number of nitrogens with zero attached hydrogens (tertiary/aromatic N) is 2. The Morgan fingerprint density at radius 3 is 2.29 bits per heavy atom. The van der Waals surface area contributed by atoms with Gasteiger partial charge in [-0.25, -0.2) is 0 Å². The highest BCUT2D eigenvalue weighted by molar-refractivity contribution is 5.92. The number of guanidine groups is 1. The highest BCUT2D eigenvalue weighted by atomic mass is 16.1. The van der Waals surface area contributed by atoms with Crippen LogP contribution in [0.4, 0.5) is 0 Å². The maximum atomic E-state index is 11.3. The Morgan fingerprint density at radius 1 is 1.36 bits per heavy atom. The van der Waals surface area contributed by atoms with Crippen molar-refractivity contribution < 1.29 is 4.79 Å². The monoisotopic (exact) mass is 196 g/mol. The molecule has 1 aliphatic heterocycles. The molecule has 0 fully saturated rings. The first-order valence-electron chi connectivity index (χ1n) is 4.57. The van der Waals surface area contributed by atoms with Crippen LogP contribution in [0.25, 0.3) is 0 Å². The lowest BCUT2D eigenvalue weighted by Gasteiger charge is -2.24. The Balaban J connectivity index is 2.53. The molecule has 0 aromatic carbocycles. The molecule has 0 bridgehead atoms. The minimum absolute atomic E-state index is 0.178. The van der Waals surface area contributed by atoms with Crippen LogP contribution >= 0.6 is 0 Å². The molecule has 0 radical (unpaired) electrons. The van der Waals surface area contributed by atoms with Crippen LogP contribution in [-0.4, -0.2) is 35.4 Å². The number of carbonyl (C=O) groups is 1. The standard InChI is InChI=1S/C9H16N4O/c1-6-3-4-7(2)13(6)5-8(14)12-9(10)11/h3-4,6-7H,5H2,1-2H3,(H4,10,11,12,14)/t6-,7-/m0/s1. The van der Waals surface area contributed by atoms with E-state index < -0.39 is 0 Å². The van der Waals surface area contributed by atoms with Crippen molar-refractivity contribution in [2.75, 3.05) is 6.54 Å². The molecule has 0 unspecified atom stereocenters. The van der Waals surface area contributed by atoms with Crippen molar-refractivity contribution in [3.63, 3.8) is 0 Å². The van der Waals surface area contributed by atoms with Gasteiger partial charge >= 0.3 is 0 Å². The van der Waals surface area contributed by atoms with E-state index in [9.17, 15) is 4.79 Å². The van der Waals surface area contributed by atoms with Crippen LogP contribution in [0.3, 0.4) is 0 Å². The largest absolute Gasteiger partial charge is 0.370 e. The molecule has 5 heteroatoms. The summed E-state index contributed by atoms with van der Waals surface area (Å²) in [6, 6.07) is 0.534. The topological polar surface area (TPSA) is 84.7 Å². The van der Waals surface area contributed by atoms with Crippen molar-refractivity contribution in [1.82, 2.24) is 4.90 Å². The van der Waals surface area contributed by atoms with Crippen LogP contribution in [0.1, 0.15) is 13.8 Å². The maximum absolute atomic E-state index is 11.3. The summed E-state index contributed by atoms with van der Waals surface area (Å²) in [7, 11) is 0. The van der Waals surface area contributed by atoms with Crippen molar-refractivity contribution in [2.24, 2.45) is 16.5 Å². The highest BCUT2D eigenvalue weighted by Crippen LogP contribution is 2.15. The number of hydrogen-bond acceptors (Lipinski definition) is 2. The van der Waals surface area contributed by atoms with Crippen LogP contribution < -0.4 is 11.5 Å². The van der Waals surface area contributed by atoms with E-state index in [1.165, 1.54) is 0 Å². The Bertz CT molecular complexity index is 269. The predicted molar refractivity (Wildman–Crippen MR) is 55.6 cm³/mol. The molecule has 1 amide bonds. The molecule has 4 N–H and O–H groups in total. The fraction of sp³-hybridized carbons (Fsp3) is 0.556. The third-order valence-corrected chi connectivity index (χ3v) is 2.29. The summed E-state index contributed by atoms with van der Waals surface area (Å²) in [4.78, 5) is 16.8. The number of rotatable bonds is 2. The van der Waals surface area contributed by atoms with Crippen LogP contribution in [0.15, 0.2) is 17.1 Å². The van der Waals surface area contributed by atoms with Crippen molar-refractivity contribution in [2.45, 2.75) is 25.9 Å². The van der Waals surface area contributed by atoms with Crippen LogP contribution in [0.5, 0.6) is 0 Å². The van der Waals surface area contributed by atoms with Gasteiger partial charge in [0.2, 0.25) is 0 Å². The van der Waals surface area contributed by atoms with Crippen LogP contribution in [0.2, 0.25) is 0 Å². The van der Waals surface area contributed by atoms with E-state index in [4.69, 9.17) is 11.5 Å². The fourth-order valence-electron chi connectivity index (χ4n) is 1.54. The van der Waals surface area contributed by atoms with Crippen LogP contribution in [-0.2, 0) is 4.79 Å². The second-order valence-electron chi connectivity index (χ2n) is 3.47. The van der Waals surface area contributed by atoms with Gasteiger partial charge in [-0.2, -0.15) is 4.99 Å². The van der Waals surface area contributed by atoms with Gasteiger partial charge in [0.25, 0.3) is 5.91 Å². The van der Waals surface area contributed by atoms with E-state index in [1.807, 2.05) is 18.7 Å². The third-order valence-electron chi connectivity index (χ3n) is 2.29. The number of aliphatic imine (C=N–C) groups is 1. The zero-order chi connectivity index (χ0) is 10.7. The van der Waals surface area contributed by atoms with E-state index in [0.717, 1.165) is 0 Å². The van der Waals surface area contributed by atoms with Gasteiger partial charge in [0.1, 0.15) is 0 Å². The zero-order valence-electron chi connectivity index (χ0n) is 8.47. The SMILES string of the molecule is C[C@H]1C=C[C@H](C)N1CC(=O)N=C(N)N. The van der Waals surface area contributed by atoms with Crippen LogP contribution in [0, 0.1) is 0 Å². The molecule has 0 saturated carbocycles. The minimum Gasteiger partial charge on any atom is -0.370 e. The average Bonchev–Trinajstić information content (AvgIpc) is 2.34. The van der Waals surface area contributed by atoms with Gasteiger partial charge in [0, 0.05) is 12.1 Å². The molecular formula is C9H16N4O. The quantitative estimate of drug-likeness (QED) is 0.352. The van der Waals surface area contributed by atoms with Crippen molar-refractivity contribution >= 4 is 11.9 Å². The molecular weight excluding hydrogens is 180 g/mol. The summed E-state index contributed by atoms with van der Waals surface area (Å²) in [5.41, 5.74) is 10.2. The van der Waals surface area contributed by atoms with Gasteiger partial charge < -0.3 is 11.5 Å². The van der Waals surface area contributed by atoms with Gasteiger partial charge in [-0.1, -0.05) is 12.2 Å². The molecule has 1 aliphatic rings. The lowest BCUT2D eigenvalue weighted by atomic mass is 10.3. The van der Waals surface area contributed by atoms with E-state index in [1.54, 1.807) is 0 Å². The molecule has 0 spiro atoms. The first-order chi connectivity index (χ1) is 6.50. The normalized spacial score (nSPS) is 26.4. The highest BCUT2D eigenvalue weighted by Gasteiger charge is 2.23. The molecule has 78 valence electrons. The maximum Gasteiger partial charge on any atom is 0.263 e. The summed E-state index contributed by atoms with van der Waals surface area (Å²) in [6.45, 7) is 4.32. The van der Waals surface area contributed by atoms with E-state index in [-0.39, 0.29) is 30.5 Å². The Labute approximate surface area is 83.5 Å². The van der Waals surface area contributed by atoms with Crippen molar-refractivity contribution in [1.29, 1.82) is 0 Å².